The molecule has 0 bridgehead atoms. The second-order valence-corrected chi connectivity index (χ2v) is 3.43. The second kappa shape index (κ2) is 6.57. The van der Waals surface area contributed by atoms with E-state index in [1.807, 2.05) is 30.3 Å². The molecule has 0 unspecified atom stereocenters. The van der Waals surface area contributed by atoms with Gasteiger partial charge < -0.3 is 5.21 Å². The summed E-state index contributed by atoms with van der Waals surface area (Å²) in [6.07, 6.45) is 3.03. The van der Waals surface area contributed by atoms with Crippen molar-refractivity contribution in [2.75, 3.05) is 6.54 Å². The Bertz CT molecular complexity index is 235. The Labute approximate surface area is 86.1 Å². The van der Waals surface area contributed by atoms with Crippen molar-refractivity contribution in [1.29, 1.82) is 0 Å². The molecule has 1 N–H and O–H groups in total. The Balaban J connectivity index is 2.23. The summed E-state index contributed by atoms with van der Waals surface area (Å²) in [5.41, 5.74) is 1.14. The molecule has 1 aromatic rings. The maximum absolute atomic E-state index is 9.54. The van der Waals surface area contributed by atoms with Crippen molar-refractivity contribution in [3.8, 4) is 0 Å². The Morgan fingerprint density at radius 1 is 1.14 bits per heavy atom. The molecule has 77 valence electrons. The van der Waals surface area contributed by atoms with Gasteiger partial charge in [-0.05, 0) is 12.0 Å². The zero-order chi connectivity index (χ0) is 10.2. The van der Waals surface area contributed by atoms with E-state index in [1.165, 1.54) is 5.06 Å². The molecule has 2 nitrogen and oxygen atoms in total. The molecule has 1 rings (SSSR count). The van der Waals surface area contributed by atoms with Gasteiger partial charge >= 0.3 is 0 Å². The molecule has 0 amide bonds. The maximum atomic E-state index is 9.54. The minimum atomic E-state index is 0.609. The normalized spacial score (nSPS) is 10.8. The Morgan fingerprint density at radius 3 is 2.50 bits per heavy atom. The van der Waals surface area contributed by atoms with Gasteiger partial charge in [0.05, 0.1) is 0 Å². The van der Waals surface area contributed by atoms with Gasteiger partial charge in [-0.25, -0.2) is 0 Å². The van der Waals surface area contributed by atoms with Crippen molar-refractivity contribution in [2.45, 2.75) is 25.8 Å². The number of hydroxylamine groups is 2. The smallest absolute Gasteiger partial charge is 0.0488 e. The van der Waals surface area contributed by atoms with Crippen LogP contribution in [0.5, 0.6) is 0 Å². The van der Waals surface area contributed by atoms with Crippen LogP contribution in [0.1, 0.15) is 24.8 Å². The molecule has 2 heteroatoms. The molecule has 0 spiro atoms. The molecule has 0 saturated carbocycles. The van der Waals surface area contributed by atoms with E-state index in [-0.39, 0.29) is 0 Å². The van der Waals surface area contributed by atoms with Gasteiger partial charge in [-0.3, -0.25) is 0 Å². The highest BCUT2D eigenvalue weighted by molar-refractivity contribution is 5.13. The number of hydrogen-bond donors (Lipinski definition) is 1. The zero-order valence-electron chi connectivity index (χ0n) is 8.52. The van der Waals surface area contributed by atoms with E-state index in [2.05, 4.69) is 6.92 Å². The second-order valence-electron chi connectivity index (χ2n) is 3.43. The van der Waals surface area contributed by atoms with Gasteiger partial charge in [0, 0.05) is 13.1 Å². The summed E-state index contributed by atoms with van der Waals surface area (Å²) in [6.45, 7) is 5.10. The van der Waals surface area contributed by atoms with Crippen molar-refractivity contribution in [3.63, 3.8) is 0 Å². The first-order valence-electron chi connectivity index (χ1n) is 5.10. The average Bonchev–Trinajstić information content (AvgIpc) is 2.20. The first kappa shape index (κ1) is 11.2. The number of hydrogen-bond acceptors (Lipinski definition) is 2. The fourth-order valence-electron chi connectivity index (χ4n) is 1.34. The molecule has 1 aromatic carbocycles. The molecule has 14 heavy (non-hydrogen) atoms. The predicted molar refractivity (Wildman–Crippen MR) is 57.8 cm³/mol. The van der Waals surface area contributed by atoms with E-state index in [9.17, 15) is 5.21 Å². The SMILES string of the molecule is [CH2]CCCCN(O)Cc1ccccc1. The molecule has 0 aromatic heterocycles. The van der Waals surface area contributed by atoms with E-state index in [1.54, 1.807) is 0 Å². The third-order valence-corrected chi connectivity index (χ3v) is 2.12. The lowest BCUT2D eigenvalue weighted by atomic mass is 10.2. The van der Waals surface area contributed by atoms with Crippen LogP contribution < -0.4 is 0 Å². The summed E-state index contributed by atoms with van der Waals surface area (Å²) in [6, 6.07) is 9.99. The highest BCUT2D eigenvalue weighted by Gasteiger charge is 2.00. The largest absolute Gasteiger partial charge is 0.314 e. The van der Waals surface area contributed by atoms with Crippen LogP contribution in [0.15, 0.2) is 30.3 Å². The highest BCUT2D eigenvalue weighted by atomic mass is 16.5. The van der Waals surface area contributed by atoms with Crippen molar-refractivity contribution >= 4 is 0 Å². The molecular weight excluding hydrogens is 174 g/mol. The van der Waals surface area contributed by atoms with E-state index in [4.69, 9.17) is 0 Å². The van der Waals surface area contributed by atoms with Gasteiger partial charge in [-0.15, -0.1) is 0 Å². The minimum absolute atomic E-state index is 0.609. The van der Waals surface area contributed by atoms with Gasteiger partial charge in [-0.1, -0.05) is 50.1 Å². The van der Waals surface area contributed by atoms with Crippen LogP contribution in [0.2, 0.25) is 0 Å². The quantitative estimate of drug-likeness (QED) is 0.553. The Kier molecular flexibility index (Phi) is 5.27. The molecule has 0 heterocycles. The van der Waals surface area contributed by atoms with E-state index >= 15 is 0 Å². The van der Waals surface area contributed by atoms with Crippen molar-refractivity contribution < 1.29 is 5.21 Å². The van der Waals surface area contributed by atoms with Gasteiger partial charge in [0.2, 0.25) is 0 Å². The number of benzene rings is 1. The summed E-state index contributed by atoms with van der Waals surface area (Å²) in [4.78, 5) is 0. The molecule has 1 radical (unpaired) electrons. The fraction of sp³-hybridized carbons (Fsp3) is 0.417. The van der Waals surface area contributed by atoms with Gasteiger partial charge in [0.15, 0.2) is 0 Å². The Morgan fingerprint density at radius 2 is 1.86 bits per heavy atom. The lowest BCUT2D eigenvalue weighted by Crippen LogP contribution is -2.19. The van der Waals surface area contributed by atoms with Crippen LogP contribution in [0, 0.1) is 6.92 Å². The maximum Gasteiger partial charge on any atom is 0.0488 e. The van der Waals surface area contributed by atoms with Crippen LogP contribution in [0.25, 0.3) is 0 Å². The van der Waals surface area contributed by atoms with Crippen LogP contribution in [0.3, 0.4) is 0 Å². The summed E-state index contributed by atoms with van der Waals surface area (Å²) >= 11 is 0. The van der Waals surface area contributed by atoms with E-state index in [0.717, 1.165) is 31.4 Å². The first-order valence-corrected chi connectivity index (χ1v) is 5.10. The van der Waals surface area contributed by atoms with Gasteiger partial charge in [0.1, 0.15) is 0 Å². The number of rotatable bonds is 6. The zero-order valence-corrected chi connectivity index (χ0v) is 8.52. The van der Waals surface area contributed by atoms with Gasteiger partial charge in [-0.2, -0.15) is 5.06 Å². The molecule has 0 fully saturated rings. The molecule has 0 aliphatic carbocycles. The van der Waals surface area contributed by atoms with E-state index < -0.39 is 0 Å². The standard InChI is InChI=1S/C12H18NO/c1-2-3-7-10-13(14)11-12-8-5-4-6-9-12/h4-6,8-9,14H,1-3,7,10-11H2. The van der Waals surface area contributed by atoms with E-state index in [0.29, 0.717) is 6.54 Å². The molecule has 0 saturated heterocycles. The summed E-state index contributed by atoms with van der Waals surface area (Å²) in [5, 5.41) is 10.9. The van der Waals surface area contributed by atoms with Crippen LogP contribution in [0.4, 0.5) is 0 Å². The van der Waals surface area contributed by atoms with Crippen LogP contribution in [-0.4, -0.2) is 16.8 Å². The minimum Gasteiger partial charge on any atom is -0.314 e. The third-order valence-electron chi connectivity index (χ3n) is 2.12. The fourth-order valence-corrected chi connectivity index (χ4v) is 1.34. The molecule has 0 aliphatic rings. The van der Waals surface area contributed by atoms with Crippen LogP contribution >= 0.6 is 0 Å². The average molecular weight is 192 g/mol. The molecule has 0 aliphatic heterocycles. The predicted octanol–water partition coefficient (Wildman–Crippen LogP) is 2.88. The molecule has 0 atom stereocenters. The molecular formula is C12H18NO. The lowest BCUT2D eigenvalue weighted by molar-refractivity contribution is -0.1000. The van der Waals surface area contributed by atoms with Crippen molar-refractivity contribution in [2.24, 2.45) is 0 Å². The summed E-state index contributed by atoms with van der Waals surface area (Å²) in [7, 11) is 0. The highest BCUT2D eigenvalue weighted by Crippen LogP contribution is 2.03. The topological polar surface area (TPSA) is 23.5 Å². The van der Waals surface area contributed by atoms with Crippen molar-refractivity contribution in [1.82, 2.24) is 5.06 Å². The van der Waals surface area contributed by atoms with Crippen molar-refractivity contribution in [3.05, 3.63) is 42.8 Å². The third kappa shape index (κ3) is 4.40. The first-order chi connectivity index (χ1) is 6.83. The van der Waals surface area contributed by atoms with Gasteiger partial charge in [0.25, 0.3) is 0 Å². The lowest BCUT2D eigenvalue weighted by Gasteiger charge is -2.14. The number of nitrogens with zero attached hydrogens (tertiary/aromatic N) is 1. The number of unbranched alkanes of at least 4 members (excludes halogenated alkanes) is 2. The monoisotopic (exact) mass is 192 g/mol. The summed E-state index contributed by atoms with van der Waals surface area (Å²) in [5.74, 6) is 0. The van der Waals surface area contributed by atoms with Crippen LogP contribution in [-0.2, 0) is 6.54 Å². The summed E-state index contributed by atoms with van der Waals surface area (Å²) < 4.78 is 0. The Hall–Kier alpha value is -0.860.